The predicted molar refractivity (Wildman–Crippen MR) is 207 cm³/mol. The van der Waals surface area contributed by atoms with Gasteiger partial charge in [-0.05, 0) is 69.2 Å². The number of hydrogen-bond acceptors (Lipinski definition) is 11. The van der Waals surface area contributed by atoms with Crippen molar-refractivity contribution in [2.75, 3.05) is 23.8 Å². The Hall–Kier alpha value is -5.34. The zero-order valence-corrected chi connectivity index (χ0v) is 32.5. The number of ether oxygens (including phenoxy) is 2. The highest BCUT2D eigenvalue weighted by Gasteiger charge is 2.38. The summed E-state index contributed by atoms with van der Waals surface area (Å²) >= 11 is 7.70. The van der Waals surface area contributed by atoms with E-state index < -0.39 is 35.6 Å². The smallest absolute Gasteiger partial charge is 0.312 e. The molecule has 3 aromatic carbocycles. The first kappa shape index (κ1) is 39.9. The van der Waals surface area contributed by atoms with E-state index in [0.29, 0.717) is 41.5 Å². The zero-order chi connectivity index (χ0) is 39.0. The normalized spacial score (nSPS) is 11.9. The molecule has 0 fully saturated rings. The van der Waals surface area contributed by atoms with Gasteiger partial charge in [-0.2, -0.15) is 5.10 Å². The summed E-state index contributed by atoms with van der Waals surface area (Å²) in [5.41, 5.74) is 4.06. The van der Waals surface area contributed by atoms with Crippen LogP contribution in [0.2, 0.25) is 5.02 Å². The van der Waals surface area contributed by atoms with E-state index in [1.807, 2.05) is 56.3 Å². The first-order valence-electron chi connectivity index (χ1n) is 17.3. The molecule has 1 unspecified atom stereocenters. The minimum Gasteiger partial charge on any atom is -0.493 e. The average Bonchev–Trinajstić information content (AvgIpc) is 3.69. The summed E-state index contributed by atoms with van der Waals surface area (Å²) in [6.45, 7) is 12.1. The number of carboxylic acids is 1. The third-order valence-corrected chi connectivity index (χ3v) is 9.31. The first-order valence-corrected chi connectivity index (χ1v) is 18.6. The van der Waals surface area contributed by atoms with Crippen molar-refractivity contribution in [2.24, 2.45) is 5.41 Å². The van der Waals surface area contributed by atoms with Crippen LogP contribution in [-0.4, -0.2) is 62.0 Å². The summed E-state index contributed by atoms with van der Waals surface area (Å²) < 4.78 is 19.4. The van der Waals surface area contributed by atoms with Crippen LogP contribution >= 0.6 is 23.4 Å². The number of nitrogens with zero attached hydrogens (tertiary/aromatic N) is 4. The summed E-state index contributed by atoms with van der Waals surface area (Å²) in [6, 6.07) is 20.4. The van der Waals surface area contributed by atoms with Crippen LogP contribution in [0.5, 0.6) is 11.6 Å². The highest BCUT2D eigenvalue weighted by molar-refractivity contribution is 7.98. The molecule has 5 rings (SSSR count). The van der Waals surface area contributed by atoms with Crippen molar-refractivity contribution >= 4 is 52.4 Å². The number of hydrogen-bond donors (Lipinski definition) is 3. The van der Waals surface area contributed by atoms with Crippen LogP contribution in [0.1, 0.15) is 55.5 Å². The molecule has 0 aliphatic heterocycles. The topological polar surface area (TPSA) is 171 Å². The molecule has 0 spiro atoms. The fraction of sp³-hybridized carbons (Fsp3) is 0.333. The third kappa shape index (κ3) is 10.4. The molecule has 15 heteroatoms. The number of rotatable bonds is 17. The van der Waals surface area contributed by atoms with Gasteiger partial charge < -0.3 is 29.6 Å². The SMILES string of the molecule is Cc1ccc(OCCCNc2ccc(Cl)c(NC(=O)C(Oc3c(CSc4nnc(CC(=O)O)o4)c(C)nn3-c3ccccc3)C(=O)C(C)(C)C)c2)c(C)c1. The fourth-order valence-electron chi connectivity index (χ4n) is 5.31. The molecule has 284 valence electrons. The van der Waals surface area contributed by atoms with Crippen LogP contribution in [0, 0.1) is 26.2 Å². The van der Waals surface area contributed by atoms with Gasteiger partial charge in [-0.25, -0.2) is 4.68 Å². The molecule has 2 heterocycles. The van der Waals surface area contributed by atoms with E-state index in [2.05, 4.69) is 26.9 Å². The van der Waals surface area contributed by atoms with E-state index >= 15 is 0 Å². The summed E-state index contributed by atoms with van der Waals surface area (Å²) in [4.78, 5) is 39.2. The van der Waals surface area contributed by atoms with Crippen molar-refractivity contribution in [3.8, 4) is 17.3 Å². The standard InChI is InChI=1S/C39H43ClN6O7S/c1-23-13-16-31(24(2)19-23)51-18-10-17-41-26-14-15-29(40)30(20-26)42-36(50)34(35(49)39(4,5)6)53-37-28(22-54-38-44-43-32(52-38)21-33(47)48)25(3)45-46(37)27-11-8-7-9-12-27/h7-9,11-16,19-20,34,41H,10,17-18,21-22H2,1-6H3,(H,42,50)(H,47,48). The van der Waals surface area contributed by atoms with Gasteiger partial charge in [0.15, 0.2) is 5.78 Å². The quantitative estimate of drug-likeness (QED) is 0.0480. The molecule has 0 radical (unpaired) electrons. The molecule has 3 N–H and O–H groups in total. The largest absolute Gasteiger partial charge is 0.493 e. The number of carbonyl (C=O) groups is 3. The zero-order valence-electron chi connectivity index (χ0n) is 30.9. The molecule has 0 saturated heterocycles. The van der Waals surface area contributed by atoms with E-state index in [1.54, 1.807) is 45.9 Å². The number of carboxylic acid groups (broad SMARTS) is 1. The van der Waals surface area contributed by atoms with Gasteiger partial charge in [0, 0.05) is 29.0 Å². The third-order valence-electron chi connectivity index (χ3n) is 8.14. The van der Waals surface area contributed by atoms with Gasteiger partial charge in [0.05, 0.1) is 28.7 Å². The number of aromatic nitrogens is 4. The Morgan fingerprint density at radius 1 is 1.02 bits per heavy atom. The fourth-order valence-corrected chi connectivity index (χ4v) is 6.33. The van der Waals surface area contributed by atoms with Gasteiger partial charge in [-0.1, -0.05) is 80.0 Å². The van der Waals surface area contributed by atoms with E-state index in [4.69, 9.17) is 35.7 Å². The molecular weight excluding hydrogens is 732 g/mol. The molecule has 1 amide bonds. The van der Waals surface area contributed by atoms with Crippen molar-refractivity contribution in [1.82, 2.24) is 20.0 Å². The van der Waals surface area contributed by atoms with Crippen LogP contribution < -0.4 is 20.1 Å². The number of carbonyl (C=O) groups excluding carboxylic acids is 2. The Morgan fingerprint density at radius 2 is 1.78 bits per heavy atom. The second kappa shape index (κ2) is 17.7. The van der Waals surface area contributed by atoms with Crippen molar-refractivity contribution in [2.45, 2.75) is 71.5 Å². The number of Topliss-reactive ketones (excluding diaryl/α,β-unsaturated/α-hetero) is 1. The Labute approximate surface area is 322 Å². The van der Waals surface area contributed by atoms with Crippen LogP contribution in [0.4, 0.5) is 11.4 Å². The predicted octanol–water partition coefficient (Wildman–Crippen LogP) is 7.64. The van der Waals surface area contributed by atoms with Gasteiger partial charge >= 0.3 is 5.97 Å². The number of para-hydroxylation sites is 1. The van der Waals surface area contributed by atoms with Gasteiger partial charge in [0.1, 0.15) is 12.2 Å². The molecule has 0 saturated carbocycles. The van der Waals surface area contributed by atoms with Gasteiger partial charge in [0.25, 0.3) is 11.1 Å². The highest BCUT2D eigenvalue weighted by Crippen LogP contribution is 2.34. The number of aryl methyl sites for hydroxylation is 3. The van der Waals surface area contributed by atoms with E-state index in [-0.39, 0.29) is 27.8 Å². The summed E-state index contributed by atoms with van der Waals surface area (Å²) in [7, 11) is 0. The second-order valence-electron chi connectivity index (χ2n) is 13.6. The van der Waals surface area contributed by atoms with Gasteiger partial charge in [-0.3, -0.25) is 14.4 Å². The van der Waals surface area contributed by atoms with E-state index in [0.717, 1.165) is 29.5 Å². The lowest BCUT2D eigenvalue weighted by Crippen LogP contribution is -2.45. The second-order valence-corrected chi connectivity index (χ2v) is 15.0. The van der Waals surface area contributed by atoms with Crippen LogP contribution in [0.3, 0.4) is 0 Å². The lowest BCUT2D eigenvalue weighted by atomic mass is 9.87. The number of aliphatic carboxylic acids is 1. The number of anilines is 2. The molecule has 1 atom stereocenters. The maximum Gasteiger partial charge on any atom is 0.312 e. The number of amides is 1. The van der Waals surface area contributed by atoms with Crippen molar-refractivity contribution in [1.29, 1.82) is 0 Å². The average molecular weight is 775 g/mol. The maximum atomic E-state index is 14.1. The molecule has 2 aromatic heterocycles. The number of ketones is 1. The van der Waals surface area contributed by atoms with Crippen molar-refractivity contribution in [3.05, 3.63) is 100 Å². The molecule has 0 bridgehead atoms. The van der Waals surface area contributed by atoms with E-state index in [9.17, 15) is 14.4 Å². The molecule has 0 aliphatic rings. The van der Waals surface area contributed by atoms with Crippen LogP contribution in [0.15, 0.2) is 76.4 Å². The summed E-state index contributed by atoms with van der Waals surface area (Å²) in [5.74, 6) is -1.12. The molecule has 5 aromatic rings. The Morgan fingerprint density at radius 3 is 2.48 bits per heavy atom. The number of nitrogens with one attached hydrogen (secondary N) is 2. The summed E-state index contributed by atoms with van der Waals surface area (Å²) in [6.07, 6.45) is -1.29. The highest BCUT2D eigenvalue weighted by atomic mass is 35.5. The lowest BCUT2D eigenvalue weighted by Gasteiger charge is -2.25. The molecular formula is C39H43ClN6O7S. The summed E-state index contributed by atoms with van der Waals surface area (Å²) in [5, 5.41) is 28.1. The number of benzene rings is 3. The minimum atomic E-state index is -1.60. The van der Waals surface area contributed by atoms with Crippen LogP contribution in [0.25, 0.3) is 5.69 Å². The first-order chi connectivity index (χ1) is 25.7. The number of halogens is 1. The molecule has 54 heavy (non-hydrogen) atoms. The van der Waals surface area contributed by atoms with E-state index in [1.165, 1.54) is 10.2 Å². The molecule has 0 aliphatic carbocycles. The van der Waals surface area contributed by atoms with Gasteiger partial charge in [-0.15, -0.1) is 10.2 Å². The number of thioether (sulfide) groups is 1. The van der Waals surface area contributed by atoms with Crippen molar-refractivity contribution < 1.29 is 33.4 Å². The Balaban J connectivity index is 1.35. The minimum absolute atomic E-state index is 0.0363. The molecule has 13 nitrogen and oxygen atoms in total. The Bertz CT molecular complexity index is 2110. The monoisotopic (exact) mass is 774 g/mol. The Kier molecular flexibility index (Phi) is 13.0. The van der Waals surface area contributed by atoms with Crippen molar-refractivity contribution in [3.63, 3.8) is 0 Å². The van der Waals surface area contributed by atoms with Crippen LogP contribution in [-0.2, 0) is 26.6 Å². The van der Waals surface area contributed by atoms with Gasteiger partial charge in [0.2, 0.25) is 17.9 Å². The maximum absolute atomic E-state index is 14.1. The lowest BCUT2D eigenvalue weighted by molar-refractivity contribution is -0.141.